The molecule has 0 N–H and O–H groups in total. The average molecular weight is 223 g/mol. The Morgan fingerprint density at radius 1 is 1.36 bits per heavy atom. The van der Waals surface area contributed by atoms with Gasteiger partial charge in [-0.2, -0.15) is 4.79 Å². The van der Waals surface area contributed by atoms with Crippen LogP contribution in [-0.2, 0) is 18.3 Å². The first-order valence-corrected chi connectivity index (χ1v) is 5.59. The van der Waals surface area contributed by atoms with Crippen LogP contribution in [0.1, 0.15) is 26.7 Å². The van der Waals surface area contributed by atoms with E-state index in [1.165, 1.54) is 7.11 Å². The van der Waals surface area contributed by atoms with Gasteiger partial charge in [-0.1, -0.05) is 26.7 Å². The monoisotopic (exact) mass is 223 g/mol. The largest absolute Gasteiger partial charge is 0.756 e. The Hall–Kier alpha value is -0.670. The van der Waals surface area contributed by atoms with Crippen molar-refractivity contribution < 1.29 is 23.1 Å². The topological polar surface area (TPSA) is 61.8 Å². The molecule has 0 fully saturated rings. The summed E-state index contributed by atoms with van der Waals surface area (Å²) in [6.45, 7) is 4.32. The third-order valence-electron chi connectivity index (χ3n) is 1.89. The molecule has 1 atom stereocenters. The lowest BCUT2D eigenvalue weighted by Crippen LogP contribution is -2.12. The van der Waals surface area contributed by atoms with Crippen molar-refractivity contribution in [2.24, 2.45) is 5.92 Å². The van der Waals surface area contributed by atoms with Gasteiger partial charge in [-0.15, -0.1) is 9.05 Å². The van der Waals surface area contributed by atoms with E-state index in [-0.39, 0.29) is 0 Å². The summed E-state index contributed by atoms with van der Waals surface area (Å²) in [5.74, 6) is 0.322. The summed E-state index contributed by atoms with van der Waals surface area (Å²) in [5.41, 5.74) is 0. The summed E-state index contributed by atoms with van der Waals surface area (Å²) in [6, 6.07) is 0. The van der Waals surface area contributed by atoms with Gasteiger partial charge in [0.25, 0.3) is 0 Å². The fraction of sp³-hybridized carbons (Fsp3) is 0.875. The first kappa shape index (κ1) is 13.3. The zero-order valence-electron chi connectivity index (χ0n) is 8.69. The highest BCUT2D eigenvalue weighted by molar-refractivity contribution is 7.33. The number of ether oxygens (including phenoxy) is 1. The highest BCUT2D eigenvalue weighted by atomic mass is 31.1. The van der Waals surface area contributed by atoms with Crippen molar-refractivity contribution in [3.05, 3.63) is 0 Å². The van der Waals surface area contributed by atoms with Crippen LogP contribution in [0.2, 0.25) is 0 Å². The van der Waals surface area contributed by atoms with Crippen LogP contribution in [0.3, 0.4) is 0 Å². The number of hydrogen-bond donors (Lipinski definition) is 0. The van der Waals surface area contributed by atoms with E-state index < -0.39 is 14.4 Å². The quantitative estimate of drug-likeness (QED) is 0.511. The highest BCUT2D eigenvalue weighted by Crippen LogP contribution is 2.22. The van der Waals surface area contributed by atoms with Gasteiger partial charge in [0.05, 0.1) is 13.7 Å². The summed E-state index contributed by atoms with van der Waals surface area (Å²) in [4.78, 5) is 10.8. The molecule has 0 bridgehead atoms. The molecule has 6 heteroatoms. The minimum atomic E-state index is -2.38. The third kappa shape index (κ3) is 5.89. The molecule has 0 saturated carbocycles. The molecule has 0 amide bonds. The van der Waals surface area contributed by atoms with Crippen LogP contribution in [0.25, 0.3) is 0 Å². The fourth-order valence-electron chi connectivity index (χ4n) is 0.835. The normalized spacial score (nSPS) is 11.3. The summed E-state index contributed by atoms with van der Waals surface area (Å²) in [6.07, 6.45) is 0.917. The van der Waals surface area contributed by atoms with E-state index in [4.69, 9.17) is 4.74 Å². The van der Waals surface area contributed by atoms with E-state index in [2.05, 4.69) is 9.05 Å². The van der Waals surface area contributed by atoms with E-state index in [9.17, 15) is 9.36 Å². The molecule has 0 aromatic carbocycles. The number of carbonyl (C=O) groups is 1. The second-order valence-electron chi connectivity index (χ2n) is 2.74. The van der Waals surface area contributed by atoms with Gasteiger partial charge in [0.15, 0.2) is 0 Å². The van der Waals surface area contributed by atoms with Gasteiger partial charge in [0.1, 0.15) is 0 Å². The lowest BCUT2D eigenvalue weighted by molar-refractivity contribution is 0.0802. The second-order valence-corrected chi connectivity index (χ2v) is 3.74. The molecule has 0 rings (SSSR count). The van der Waals surface area contributed by atoms with Crippen molar-refractivity contribution in [1.82, 2.24) is 0 Å². The van der Waals surface area contributed by atoms with Crippen LogP contribution >= 0.6 is 8.25 Å². The summed E-state index contributed by atoms with van der Waals surface area (Å²) in [7, 11) is -1.19. The molecule has 0 aliphatic heterocycles. The molecule has 0 saturated heterocycles. The van der Waals surface area contributed by atoms with Crippen molar-refractivity contribution in [3.63, 3.8) is 0 Å². The Morgan fingerprint density at radius 3 is 2.36 bits per heavy atom. The maximum atomic E-state index is 10.8. The molecule has 14 heavy (non-hydrogen) atoms. The molecule has 0 radical (unpaired) electrons. The van der Waals surface area contributed by atoms with Gasteiger partial charge < -0.3 is 4.74 Å². The lowest BCUT2D eigenvalue weighted by atomic mass is 10.1. The summed E-state index contributed by atoms with van der Waals surface area (Å²) >= 11 is 0. The molecule has 5 nitrogen and oxygen atoms in total. The number of carbonyl (C=O) groups excluding carboxylic acids is 1. The van der Waals surface area contributed by atoms with E-state index in [0.717, 1.165) is 12.8 Å². The molecule has 0 aromatic rings. The Labute approximate surface area is 84.7 Å². The minimum absolute atomic E-state index is 0.290. The third-order valence-corrected chi connectivity index (χ3v) is 2.49. The van der Waals surface area contributed by atoms with Crippen LogP contribution in [0, 0.1) is 5.92 Å². The van der Waals surface area contributed by atoms with Gasteiger partial charge in [-0.25, -0.2) is 0 Å². The van der Waals surface area contributed by atoms with Gasteiger partial charge in [-0.05, 0) is 5.92 Å². The van der Waals surface area contributed by atoms with E-state index in [0.29, 0.717) is 12.5 Å². The molecular formula is C8H16O5P+. The van der Waals surface area contributed by atoms with Gasteiger partial charge in [0.2, 0.25) is 0 Å². The molecule has 0 aliphatic rings. The second kappa shape index (κ2) is 7.71. The lowest BCUT2D eigenvalue weighted by Gasteiger charge is -2.09. The summed E-state index contributed by atoms with van der Waals surface area (Å²) in [5, 5.41) is 0. The van der Waals surface area contributed by atoms with Crippen LogP contribution in [0.5, 0.6) is 0 Å². The van der Waals surface area contributed by atoms with Crippen molar-refractivity contribution in [1.29, 1.82) is 0 Å². The van der Waals surface area contributed by atoms with Crippen molar-refractivity contribution in [2.75, 3.05) is 13.7 Å². The zero-order chi connectivity index (χ0) is 11.0. The van der Waals surface area contributed by atoms with Gasteiger partial charge >= 0.3 is 14.4 Å². The SMILES string of the molecule is CCC(CC)COC(=O)O[P+](=O)OC. The first-order chi connectivity index (χ1) is 6.63. The Morgan fingerprint density at radius 2 is 1.93 bits per heavy atom. The van der Waals surface area contributed by atoms with E-state index in [1.807, 2.05) is 13.8 Å². The van der Waals surface area contributed by atoms with Crippen LogP contribution in [0.4, 0.5) is 4.79 Å². The smallest absolute Gasteiger partial charge is 0.431 e. The number of hydrogen-bond acceptors (Lipinski definition) is 5. The van der Waals surface area contributed by atoms with E-state index >= 15 is 0 Å². The summed E-state index contributed by atoms with van der Waals surface area (Å²) < 4.78 is 23.9. The van der Waals surface area contributed by atoms with Gasteiger partial charge in [0, 0.05) is 4.57 Å². The Balaban J connectivity index is 3.67. The predicted molar refractivity (Wildman–Crippen MR) is 51.1 cm³/mol. The molecule has 0 spiro atoms. The zero-order valence-corrected chi connectivity index (χ0v) is 9.58. The Kier molecular flexibility index (Phi) is 7.34. The maximum Gasteiger partial charge on any atom is 0.756 e. The van der Waals surface area contributed by atoms with Crippen LogP contribution in [0.15, 0.2) is 0 Å². The standard InChI is InChI=1S/C8H16O5P/c1-4-7(5-2)6-12-8(9)13-14(10)11-3/h7H,4-6H2,1-3H3/q+1. The average Bonchev–Trinajstić information content (AvgIpc) is 2.19. The molecule has 0 aromatic heterocycles. The predicted octanol–water partition coefficient (Wildman–Crippen LogP) is 2.88. The van der Waals surface area contributed by atoms with Crippen molar-refractivity contribution in [2.45, 2.75) is 26.7 Å². The first-order valence-electron chi connectivity index (χ1n) is 4.50. The van der Waals surface area contributed by atoms with Crippen molar-refractivity contribution >= 4 is 14.4 Å². The van der Waals surface area contributed by atoms with Gasteiger partial charge in [-0.3, -0.25) is 0 Å². The van der Waals surface area contributed by atoms with Crippen molar-refractivity contribution in [3.8, 4) is 0 Å². The fourth-order valence-corrected chi connectivity index (χ4v) is 1.08. The molecule has 1 unspecified atom stereocenters. The minimum Gasteiger partial charge on any atom is -0.431 e. The maximum absolute atomic E-state index is 10.8. The highest BCUT2D eigenvalue weighted by Gasteiger charge is 2.25. The Bertz CT molecular complexity index is 190. The van der Waals surface area contributed by atoms with Crippen LogP contribution < -0.4 is 0 Å². The van der Waals surface area contributed by atoms with Crippen LogP contribution in [-0.4, -0.2) is 19.9 Å². The number of rotatable bonds is 6. The molecule has 0 heterocycles. The molecule has 82 valence electrons. The molecule has 0 aliphatic carbocycles. The van der Waals surface area contributed by atoms with E-state index in [1.54, 1.807) is 0 Å². The molecular weight excluding hydrogens is 207 g/mol.